The summed E-state index contributed by atoms with van der Waals surface area (Å²) in [5.74, 6) is 1.06. The van der Waals surface area contributed by atoms with Gasteiger partial charge in [-0.25, -0.2) is 0 Å². The van der Waals surface area contributed by atoms with Gasteiger partial charge in [0, 0.05) is 30.2 Å². The Morgan fingerprint density at radius 1 is 1.42 bits per heavy atom. The van der Waals surface area contributed by atoms with Crippen molar-refractivity contribution in [2.75, 3.05) is 23.5 Å². The smallest absolute Gasteiger partial charge is 0.230 e. The van der Waals surface area contributed by atoms with Gasteiger partial charge < -0.3 is 4.90 Å². The lowest BCUT2D eigenvalue weighted by molar-refractivity contribution is -0.121. The standard InChI is InChI=1S/C15H19NO2S/c1-11(10-19-2)15(18)16-9-5-8-14(17)12-6-3-4-7-13(12)16/h3-4,6-7,11H,5,8-10H2,1-2H3. The highest BCUT2D eigenvalue weighted by Crippen LogP contribution is 2.27. The Morgan fingerprint density at radius 2 is 2.16 bits per heavy atom. The Labute approximate surface area is 118 Å². The van der Waals surface area contributed by atoms with Crippen LogP contribution in [-0.2, 0) is 4.79 Å². The number of carbonyl (C=O) groups is 2. The van der Waals surface area contributed by atoms with Crippen LogP contribution in [0.4, 0.5) is 5.69 Å². The molecule has 2 rings (SSSR count). The maximum absolute atomic E-state index is 12.5. The number of nitrogens with zero attached hydrogens (tertiary/aromatic N) is 1. The predicted molar refractivity (Wildman–Crippen MR) is 79.9 cm³/mol. The fourth-order valence-electron chi connectivity index (χ4n) is 2.41. The molecule has 1 aliphatic rings. The number of amides is 1. The molecule has 0 aliphatic carbocycles. The zero-order valence-electron chi connectivity index (χ0n) is 11.4. The Hall–Kier alpha value is -1.29. The molecule has 1 aromatic carbocycles. The molecule has 0 bridgehead atoms. The van der Waals surface area contributed by atoms with Crippen LogP contribution in [0, 0.1) is 5.92 Å². The molecule has 1 atom stereocenters. The first-order valence-electron chi connectivity index (χ1n) is 6.57. The Kier molecular flexibility index (Phi) is 4.64. The molecule has 1 aromatic rings. The van der Waals surface area contributed by atoms with Crippen molar-refractivity contribution in [2.24, 2.45) is 5.92 Å². The van der Waals surface area contributed by atoms with Crippen molar-refractivity contribution < 1.29 is 9.59 Å². The molecular formula is C15H19NO2S. The number of carbonyl (C=O) groups excluding carboxylic acids is 2. The summed E-state index contributed by atoms with van der Waals surface area (Å²) in [5.41, 5.74) is 1.47. The summed E-state index contributed by atoms with van der Waals surface area (Å²) in [6.45, 7) is 2.59. The van der Waals surface area contributed by atoms with Gasteiger partial charge in [-0.2, -0.15) is 11.8 Å². The molecular weight excluding hydrogens is 258 g/mol. The van der Waals surface area contributed by atoms with Crippen molar-refractivity contribution in [3.63, 3.8) is 0 Å². The topological polar surface area (TPSA) is 37.4 Å². The number of hydrogen-bond donors (Lipinski definition) is 0. The number of Topliss-reactive ketones (excluding diaryl/α,β-unsaturated/α-hetero) is 1. The second-order valence-corrected chi connectivity index (χ2v) is 5.80. The Morgan fingerprint density at radius 3 is 2.89 bits per heavy atom. The summed E-state index contributed by atoms with van der Waals surface area (Å²) in [4.78, 5) is 26.3. The van der Waals surface area contributed by atoms with Crippen LogP contribution in [0.3, 0.4) is 0 Å². The second kappa shape index (κ2) is 6.24. The van der Waals surface area contributed by atoms with E-state index in [2.05, 4.69) is 0 Å². The van der Waals surface area contributed by atoms with Crippen LogP contribution in [0.5, 0.6) is 0 Å². The fraction of sp³-hybridized carbons (Fsp3) is 0.467. The molecule has 0 fully saturated rings. The van der Waals surface area contributed by atoms with Crippen LogP contribution in [0.2, 0.25) is 0 Å². The minimum absolute atomic E-state index is 0.0174. The zero-order valence-corrected chi connectivity index (χ0v) is 12.2. The highest BCUT2D eigenvalue weighted by Gasteiger charge is 2.27. The third kappa shape index (κ3) is 3.00. The van der Waals surface area contributed by atoms with E-state index in [0.29, 0.717) is 18.5 Å². The van der Waals surface area contributed by atoms with Gasteiger partial charge in [0.1, 0.15) is 0 Å². The van der Waals surface area contributed by atoms with E-state index in [1.807, 2.05) is 37.4 Å². The Balaban J connectivity index is 2.33. The van der Waals surface area contributed by atoms with Gasteiger partial charge in [0.15, 0.2) is 5.78 Å². The van der Waals surface area contributed by atoms with E-state index in [9.17, 15) is 9.59 Å². The first kappa shape index (κ1) is 14.1. The van der Waals surface area contributed by atoms with Crippen LogP contribution in [0.1, 0.15) is 30.1 Å². The van der Waals surface area contributed by atoms with E-state index in [1.54, 1.807) is 16.7 Å². The highest BCUT2D eigenvalue weighted by molar-refractivity contribution is 7.98. The molecule has 19 heavy (non-hydrogen) atoms. The number of rotatable bonds is 3. The van der Waals surface area contributed by atoms with Gasteiger partial charge in [-0.15, -0.1) is 0 Å². The molecule has 4 heteroatoms. The summed E-state index contributed by atoms with van der Waals surface area (Å²) in [5, 5.41) is 0. The minimum atomic E-state index is -0.0174. The van der Waals surface area contributed by atoms with Gasteiger partial charge in [0.05, 0.1) is 5.69 Å². The molecule has 0 spiro atoms. The van der Waals surface area contributed by atoms with Gasteiger partial charge in [0.25, 0.3) is 0 Å². The van der Waals surface area contributed by atoms with Gasteiger partial charge in [-0.1, -0.05) is 19.1 Å². The molecule has 0 N–H and O–H groups in total. The lowest BCUT2D eigenvalue weighted by Gasteiger charge is -2.25. The molecule has 1 heterocycles. The molecule has 1 aliphatic heterocycles. The van der Waals surface area contributed by atoms with Gasteiger partial charge >= 0.3 is 0 Å². The van der Waals surface area contributed by atoms with Gasteiger partial charge in [0.2, 0.25) is 5.91 Å². The molecule has 1 unspecified atom stereocenters. The summed E-state index contributed by atoms with van der Waals surface area (Å²) in [6.07, 6.45) is 3.27. The number of fused-ring (bicyclic) bond motifs is 1. The van der Waals surface area contributed by atoms with Gasteiger partial charge in [-0.3, -0.25) is 9.59 Å². The van der Waals surface area contributed by atoms with Crippen LogP contribution in [0.25, 0.3) is 0 Å². The highest BCUT2D eigenvalue weighted by atomic mass is 32.2. The van der Waals surface area contributed by atoms with E-state index < -0.39 is 0 Å². The number of para-hydroxylation sites is 1. The van der Waals surface area contributed by atoms with Crippen molar-refractivity contribution in [2.45, 2.75) is 19.8 Å². The summed E-state index contributed by atoms with van der Waals surface area (Å²) in [6, 6.07) is 7.44. The van der Waals surface area contributed by atoms with E-state index in [0.717, 1.165) is 17.9 Å². The maximum Gasteiger partial charge on any atom is 0.230 e. The van der Waals surface area contributed by atoms with Gasteiger partial charge in [-0.05, 0) is 24.8 Å². The van der Waals surface area contributed by atoms with Crippen molar-refractivity contribution in [3.8, 4) is 0 Å². The largest absolute Gasteiger partial charge is 0.311 e. The normalized spacial score (nSPS) is 16.7. The first-order chi connectivity index (χ1) is 9.15. The predicted octanol–water partition coefficient (Wildman–Crippen LogP) is 3.00. The number of benzene rings is 1. The first-order valence-corrected chi connectivity index (χ1v) is 7.97. The second-order valence-electron chi connectivity index (χ2n) is 4.89. The molecule has 0 saturated heterocycles. The monoisotopic (exact) mass is 277 g/mol. The molecule has 0 aromatic heterocycles. The van der Waals surface area contributed by atoms with E-state index >= 15 is 0 Å². The Bertz CT molecular complexity index is 487. The zero-order chi connectivity index (χ0) is 13.8. The van der Waals surface area contributed by atoms with E-state index in [-0.39, 0.29) is 17.6 Å². The fourth-order valence-corrected chi connectivity index (χ4v) is 3.06. The SMILES string of the molecule is CSCC(C)C(=O)N1CCCC(=O)c2ccccc21. The van der Waals surface area contributed by atoms with Crippen molar-refractivity contribution in [1.29, 1.82) is 0 Å². The molecule has 3 nitrogen and oxygen atoms in total. The number of thioether (sulfide) groups is 1. The molecule has 0 radical (unpaired) electrons. The molecule has 102 valence electrons. The quantitative estimate of drug-likeness (QED) is 0.852. The lowest BCUT2D eigenvalue weighted by Crippen LogP contribution is -2.36. The van der Waals surface area contributed by atoms with Crippen LogP contribution >= 0.6 is 11.8 Å². The molecule has 1 amide bonds. The number of ketones is 1. The summed E-state index contributed by atoms with van der Waals surface area (Å²) in [7, 11) is 0. The van der Waals surface area contributed by atoms with Crippen LogP contribution in [-0.4, -0.2) is 30.2 Å². The summed E-state index contributed by atoms with van der Waals surface area (Å²) < 4.78 is 0. The maximum atomic E-state index is 12.5. The number of anilines is 1. The van der Waals surface area contributed by atoms with Crippen LogP contribution < -0.4 is 4.90 Å². The van der Waals surface area contributed by atoms with Crippen molar-refractivity contribution in [1.82, 2.24) is 0 Å². The summed E-state index contributed by atoms with van der Waals surface area (Å²) >= 11 is 1.67. The average Bonchev–Trinajstić information content (AvgIpc) is 2.58. The minimum Gasteiger partial charge on any atom is -0.311 e. The lowest BCUT2D eigenvalue weighted by atomic mass is 10.1. The van der Waals surface area contributed by atoms with E-state index in [4.69, 9.17) is 0 Å². The molecule has 0 saturated carbocycles. The third-order valence-electron chi connectivity index (χ3n) is 3.39. The van der Waals surface area contributed by atoms with E-state index in [1.165, 1.54) is 0 Å². The average molecular weight is 277 g/mol. The van der Waals surface area contributed by atoms with Crippen molar-refractivity contribution in [3.05, 3.63) is 29.8 Å². The number of hydrogen-bond acceptors (Lipinski definition) is 3. The third-order valence-corrected chi connectivity index (χ3v) is 4.22. The van der Waals surface area contributed by atoms with Crippen LogP contribution in [0.15, 0.2) is 24.3 Å². The van der Waals surface area contributed by atoms with Crippen molar-refractivity contribution >= 4 is 29.1 Å².